The lowest BCUT2D eigenvalue weighted by Crippen LogP contribution is -2.14. The van der Waals surface area contributed by atoms with Gasteiger partial charge in [0.15, 0.2) is 17.2 Å². The maximum absolute atomic E-state index is 11.4. The highest BCUT2D eigenvalue weighted by Gasteiger charge is 2.10. The Labute approximate surface area is 158 Å². The highest BCUT2D eigenvalue weighted by atomic mass is 35.5. The van der Waals surface area contributed by atoms with Crippen molar-refractivity contribution in [2.75, 3.05) is 18.4 Å². The monoisotopic (exact) mass is 406 g/mol. The highest BCUT2D eigenvalue weighted by Crippen LogP contribution is 2.28. The van der Waals surface area contributed by atoms with E-state index in [-0.39, 0.29) is 29.8 Å². The van der Waals surface area contributed by atoms with E-state index in [2.05, 4.69) is 20.7 Å². The van der Waals surface area contributed by atoms with Gasteiger partial charge >= 0.3 is 4.94 Å². The normalized spacial score (nSPS) is 10.5. The number of nitrogens with zero attached hydrogens (tertiary/aromatic N) is 4. The fourth-order valence-corrected chi connectivity index (χ4v) is 2.73. The number of fused-ring (bicyclic) bond motifs is 1. The quantitative estimate of drug-likeness (QED) is 0.377. The number of halogens is 2. The van der Waals surface area contributed by atoms with Gasteiger partial charge in [-0.1, -0.05) is 18.3 Å². The molecule has 0 aliphatic heterocycles. The largest absolute Gasteiger partial charge is 0.493 e. The smallest absolute Gasteiger partial charge is 0.396 e. The predicted octanol–water partition coefficient (Wildman–Crippen LogP) is 2.02. The third kappa shape index (κ3) is 4.21. The fourth-order valence-electron chi connectivity index (χ4n) is 2.00. The summed E-state index contributed by atoms with van der Waals surface area (Å²) in [7, 11) is 1.51. The van der Waals surface area contributed by atoms with Gasteiger partial charge in [0.2, 0.25) is 0 Å². The first-order valence-electron chi connectivity index (χ1n) is 6.72. The number of hydrazone groups is 1. The molecule has 3 aromatic rings. The van der Waals surface area contributed by atoms with Gasteiger partial charge in [0.25, 0.3) is 5.95 Å². The van der Waals surface area contributed by atoms with E-state index in [0.717, 1.165) is 16.9 Å². The van der Waals surface area contributed by atoms with E-state index >= 15 is 0 Å². The molecule has 12 heteroatoms. The summed E-state index contributed by atoms with van der Waals surface area (Å²) in [6, 6.07) is 3.50. The molecule has 136 valence electrons. The molecule has 0 aliphatic rings. The zero-order valence-electron chi connectivity index (χ0n) is 13.3. The van der Waals surface area contributed by atoms with Crippen LogP contribution in [0.4, 0.5) is 5.95 Å². The summed E-state index contributed by atoms with van der Waals surface area (Å²) in [5.41, 5.74) is 3.88. The predicted molar refractivity (Wildman–Crippen MR) is 102 cm³/mol. The Morgan fingerprint density at radius 2 is 2.20 bits per heavy atom. The molecule has 0 atom stereocenters. The fraction of sp³-hybridized carbons (Fsp3) is 0.231. The van der Waals surface area contributed by atoms with Crippen molar-refractivity contribution >= 4 is 58.6 Å². The van der Waals surface area contributed by atoms with E-state index in [0.29, 0.717) is 34.2 Å². The number of aromatic nitrogens is 3. The first-order chi connectivity index (χ1) is 11.1. The average molecular weight is 407 g/mol. The third-order valence-corrected chi connectivity index (χ3v) is 3.88. The third-order valence-electron chi connectivity index (χ3n) is 3.10. The van der Waals surface area contributed by atoms with Gasteiger partial charge in [-0.15, -0.1) is 35.0 Å². The Kier molecular flexibility index (Phi) is 7.22. The SMILES string of the molecule is CCc1nnc(NN=Cc2cc(OC)c3oc(=O)sc3c2)n1N.Cl.Cl. The van der Waals surface area contributed by atoms with Crippen LogP contribution in [0.15, 0.2) is 26.4 Å². The van der Waals surface area contributed by atoms with Gasteiger partial charge in [-0.05, 0) is 17.7 Å². The molecule has 0 aliphatic carbocycles. The van der Waals surface area contributed by atoms with Crippen molar-refractivity contribution in [3.8, 4) is 5.75 Å². The summed E-state index contributed by atoms with van der Waals surface area (Å²) in [6.07, 6.45) is 2.23. The Bertz CT molecular complexity index is 936. The molecule has 0 bridgehead atoms. The Balaban J connectivity index is 0.00000156. The van der Waals surface area contributed by atoms with E-state index in [9.17, 15) is 4.79 Å². The second-order valence-corrected chi connectivity index (χ2v) is 5.52. The topological polar surface area (TPSA) is 121 Å². The van der Waals surface area contributed by atoms with Gasteiger partial charge in [0.1, 0.15) is 0 Å². The summed E-state index contributed by atoms with van der Waals surface area (Å²) in [5, 5.41) is 11.9. The Morgan fingerprint density at radius 3 is 2.84 bits per heavy atom. The zero-order valence-corrected chi connectivity index (χ0v) is 15.7. The van der Waals surface area contributed by atoms with Gasteiger partial charge < -0.3 is 15.0 Å². The van der Waals surface area contributed by atoms with E-state index in [1.807, 2.05) is 6.92 Å². The maximum Gasteiger partial charge on any atom is 0.396 e. The molecule has 0 saturated heterocycles. The molecule has 3 N–H and O–H groups in total. The van der Waals surface area contributed by atoms with Crippen LogP contribution in [0, 0.1) is 0 Å². The van der Waals surface area contributed by atoms with Gasteiger partial charge in [-0.25, -0.2) is 14.9 Å². The van der Waals surface area contributed by atoms with E-state index < -0.39 is 0 Å². The minimum absolute atomic E-state index is 0. The molecular formula is C13H16Cl2N6O3S. The number of nitrogens with two attached hydrogens (primary N) is 1. The van der Waals surface area contributed by atoms with Gasteiger partial charge in [0.05, 0.1) is 18.0 Å². The van der Waals surface area contributed by atoms with Crippen molar-refractivity contribution in [1.82, 2.24) is 14.9 Å². The molecule has 0 amide bonds. The molecule has 0 unspecified atom stereocenters. The van der Waals surface area contributed by atoms with Crippen molar-refractivity contribution in [2.24, 2.45) is 5.10 Å². The molecule has 9 nitrogen and oxygen atoms in total. The Morgan fingerprint density at radius 1 is 1.44 bits per heavy atom. The van der Waals surface area contributed by atoms with Gasteiger partial charge in [-0.2, -0.15) is 5.10 Å². The van der Waals surface area contributed by atoms with E-state index in [1.165, 1.54) is 11.8 Å². The molecule has 0 radical (unpaired) electrons. The van der Waals surface area contributed by atoms with Crippen molar-refractivity contribution in [2.45, 2.75) is 13.3 Å². The molecular weight excluding hydrogens is 391 g/mol. The summed E-state index contributed by atoms with van der Waals surface area (Å²) < 4.78 is 12.3. The lowest BCUT2D eigenvalue weighted by atomic mass is 10.2. The highest BCUT2D eigenvalue weighted by molar-refractivity contribution is 7.16. The van der Waals surface area contributed by atoms with E-state index in [4.69, 9.17) is 15.0 Å². The van der Waals surface area contributed by atoms with Crippen molar-refractivity contribution in [3.05, 3.63) is 33.3 Å². The lowest BCUT2D eigenvalue weighted by molar-refractivity contribution is 0.408. The van der Waals surface area contributed by atoms with Crippen LogP contribution < -0.4 is 20.9 Å². The molecule has 0 fully saturated rings. The summed E-state index contributed by atoms with van der Waals surface area (Å²) >= 11 is 1.00. The second kappa shape index (κ2) is 8.70. The van der Waals surface area contributed by atoms with Crippen LogP contribution in [0.5, 0.6) is 5.75 Å². The van der Waals surface area contributed by atoms with Gasteiger partial charge in [-0.3, -0.25) is 0 Å². The summed E-state index contributed by atoms with van der Waals surface area (Å²) in [5.74, 6) is 7.26. The molecule has 25 heavy (non-hydrogen) atoms. The van der Waals surface area contributed by atoms with Crippen LogP contribution in [0.3, 0.4) is 0 Å². The molecule has 2 aromatic heterocycles. The number of benzene rings is 1. The number of hydrogen-bond donors (Lipinski definition) is 2. The first-order valence-corrected chi connectivity index (χ1v) is 7.54. The Hall–Kier alpha value is -2.30. The number of anilines is 1. The van der Waals surface area contributed by atoms with Gasteiger partial charge in [0, 0.05) is 6.42 Å². The van der Waals surface area contributed by atoms with Crippen LogP contribution in [-0.4, -0.2) is 28.2 Å². The van der Waals surface area contributed by atoms with Crippen molar-refractivity contribution < 1.29 is 9.15 Å². The zero-order chi connectivity index (χ0) is 16.4. The number of hydrogen-bond acceptors (Lipinski definition) is 9. The minimum Gasteiger partial charge on any atom is -0.493 e. The number of nitrogen functional groups attached to an aromatic ring is 1. The summed E-state index contributed by atoms with van der Waals surface area (Å²) in [6.45, 7) is 1.93. The standard InChI is InChI=1S/C13H14N6O3S.2ClH/c1-3-10-16-18-12(19(10)14)17-15-6-7-4-8(21-2)11-9(5-7)23-13(20)22-11;;/h4-6H,3,14H2,1-2H3,(H,17,18);2*1H. The first kappa shape index (κ1) is 20.7. The number of aryl methyl sites for hydroxylation is 1. The van der Waals surface area contributed by atoms with E-state index in [1.54, 1.807) is 18.3 Å². The number of nitrogens with one attached hydrogen (secondary N) is 1. The minimum atomic E-state index is -0.381. The average Bonchev–Trinajstić information content (AvgIpc) is 3.08. The molecule has 1 aromatic carbocycles. The maximum atomic E-state index is 11.4. The number of ether oxygens (including phenoxy) is 1. The molecule has 0 spiro atoms. The molecule has 2 heterocycles. The van der Waals surface area contributed by atoms with Crippen LogP contribution >= 0.6 is 36.2 Å². The molecule has 0 saturated carbocycles. The number of methoxy groups -OCH3 is 1. The molecule has 3 rings (SSSR count). The second-order valence-electron chi connectivity index (χ2n) is 4.54. The summed E-state index contributed by atoms with van der Waals surface area (Å²) in [4.78, 5) is 11.0. The number of rotatable bonds is 5. The van der Waals surface area contributed by atoms with Crippen LogP contribution in [0.1, 0.15) is 18.3 Å². The van der Waals surface area contributed by atoms with Crippen molar-refractivity contribution in [3.63, 3.8) is 0 Å². The van der Waals surface area contributed by atoms with Crippen LogP contribution in [-0.2, 0) is 6.42 Å². The van der Waals surface area contributed by atoms with Crippen LogP contribution in [0.25, 0.3) is 10.3 Å². The lowest BCUT2D eigenvalue weighted by Gasteiger charge is -2.02. The van der Waals surface area contributed by atoms with Crippen LogP contribution in [0.2, 0.25) is 0 Å². The van der Waals surface area contributed by atoms with Crippen molar-refractivity contribution in [1.29, 1.82) is 0 Å².